The topological polar surface area (TPSA) is 57.4 Å². The minimum Gasteiger partial charge on any atom is -0.496 e. The fourth-order valence-corrected chi connectivity index (χ4v) is 2.11. The number of nitrogens with two attached hydrogens (primary N) is 1. The molecule has 0 atom stereocenters. The second kappa shape index (κ2) is 6.09. The summed E-state index contributed by atoms with van der Waals surface area (Å²) in [6, 6.07) is 7.77. The van der Waals surface area contributed by atoms with Gasteiger partial charge < -0.3 is 15.2 Å². The second-order valence-electron chi connectivity index (χ2n) is 5.03. The van der Waals surface area contributed by atoms with Gasteiger partial charge in [-0.2, -0.15) is 0 Å². The molecule has 1 aromatic heterocycles. The zero-order valence-corrected chi connectivity index (χ0v) is 12.3. The van der Waals surface area contributed by atoms with Crippen molar-refractivity contribution in [3.05, 3.63) is 30.5 Å². The van der Waals surface area contributed by atoms with Crippen LogP contribution in [-0.2, 0) is 0 Å². The van der Waals surface area contributed by atoms with E-state index in [1.54, 1.807) is 13.3 Å². The molecule has 0 spiro atoms. The summed E-state index contributed by atoms with van der Waals surface area (Å²) in [5.74, 6) is 1.43. The van der Waals surface area contributed by atoms with Crippen LogP contribution in [0.15, 0.2) is 30.5 Å². The highest BCUT2D eigenvalue weighted by Crippen LogP contribution is 2.30. The molecule has 1 heterocycles. The van der Waals surface area contributed by atoms with E-state index < -0.39 is 0 Å². The van der Waals surface area contributed by atoms with E-state index in [2.05, 4.69) is 18.8 Å². The Morgan fingerprint density at radius 1 is 1.15 bits per heavy atom. The van der Waals surface area contributed by atoms with Gasteiger partial charge in [0.05, 0.1) is 7.11 Å². The van der Waals surface area contributed by atoms with Gasteiger partial charge in [0, 0.05) is 22.5 Å². The van der Waals surface area contributed by atoms with Gasteiger partial charge in [0.15, 0.2) is 0 Å². The number of rotatable bonds is 6. The molecule has 20 heavy (non-hydrogen) atoms. The first-order valence-corrected chi connectivity index (χ1v) is 6.97. The van der Waals surface area contributed by atoms with Crippen molar-refractivity contribution in [3.8, 4) is 11.6 Å². The SMILES string of the molecule is CCC(N)(CC)COc1nccc2c(OC)cccc12. The lowest BCUT2D eigenvalue weighted by Crippen LogP contribution is -2.44. The molecule has 2 aromatic rings. The van der Waals surface area contributed by atoms with Crippen LogP contribution in [-0.4, -0.2) is 24.2 Å². The third-order valence-electron chi connectivity index (χ3n) is 3.85. The van der Waals surface area contributed by atoms with Gasteiger partial charge in [0.2, 0.25) is 5.88 Å². The minimum atomic E-state index is -0.303. The van der Waals surface area contributed by atoms with Crippen LogP contribution in [0.1, 0.15) is 26.7 Å². The zero-order valence-electron chi connectivity index (χ0n) is 12.3. The third-order valence-corrected chi connectivity index (χ3v) is 3.85. The molecule has 0 fully saturated rings. The van der Waals surface area contributed by atoms with Crippen molar-refractivity contribution in [2.75, 3.05) is 13.7 Å². The monoisotopic (exact) mass is 274 g/mol. The number of aromatic nitrogens is 1. The predicted molar refractivity (Wildman–Crippen MR) is 81.3 cm³/mol. The molecule has 1 aromatic carbocycles. The molecular formula is C16H22N2O2. The maximum absolute atomic E-state index is 6.27. The molecule has 2 N–H and O–H groups in total. The number of nitrogens with zero attached hydrogens (tertiary/aromatic N) is 1. The maximum atomic E-state index is 6.27. The van der Waals surface area contributed by atoms with Gasteiger partial charge in [0.25, 0.3) is 0 Å². The number of pyridine rings is 1. The molecule has 0 aliphatic rings. The largest absolute Gasteiger partial charge is 0.496 e. The number of hydrogen-bond acceptors (Lipinski definition) is 4. The van der Waals surface area contributed by atoms with E-state index in [0.29, 0.717) is 12.5 Å². The maximum Gasteiger partial charge on any atom is 0.221 e. The number of methoxy groups -OCH3 is 1. The van der Waals surface area contributed by atoms with E-state index in [0.717, 1.165) is 29.4 Å². The fraction of sp³-hybridized carbons (Fsp3) is 0.438. The first-order chi connectivity index (χ1) is 9.63. The van der Waals surface area contributed by atoms with Crippen LogP contribution in [0, 0.1) is 0 Å². The Labute approximate surface area is 119 Å². The van der Waals surface area contributed by atoms with Gasteiger partial charge in [-0.25, -0.2) is 4.98 Å². The number of fused-ring (bicyclic) bond motifs is 1. The standard InChI is InChI=1S/C16H22N2O2/c1-4-16(17,5-2)11-20-15-13-7-6-8-14(19-3)12(13)9-10-18-15/h6-10H,4-5,11,17H2,1-3H3. The van der Waals surface area contributed by atoms with Gasteiger partial charge in [-0.3, -0.25) is 0 Å². The van der Waals surface area contributed by atoms with Crippen molar-refractivity contribution in [1.82, 2.24) is 4.98 Å². The smallest absolute Gasteiger partial charge is 0.221 e. The Morgan fingerprint density at radius 3 is 2.55 bits per heavy atom. The fourth-order valence-electron chi connectivity index (χ4n) is 2.11. The summed E-state index contributed by atoms with van der Waals surface area (Å²) in [5, 5.41) is 1.94. The van der Waals surface area contributed by atoms with Gasteiger partial charge in [-0.05, 0) is 31.0 Å². The van der Waals surface area contributed by atoms with Crippen molar-refractivity contribution >= 4 is 10.8 Å². The van der Waals surface area contributed by atoms with Crippen molar-refractivity contribution < 1.29 is 9.47 Å². The Kier molecular flexibility index (Phi) is 4.45. The third kappa shape index (κ3) is 2.85. The Balaban J connectivity index is 2.31. The molecule has 108 valence electrons. The first kappa shape index (κ1) is 14.6. The van der Waals surface area contributed by atoms with E-state index in [-0.39, 0.29) is 5.54 Å². The van der Waals surface area contributed by atoms with Crippen LogP contribution in [0.4, 0.5) is 0 Å². The summed E-state index contributed by atoms with van der Waals surface area (Å²) in [6.07, 6.45) is 3.48. The Morgan fingerprint density at radius 2 is 1.90 bits per heavy atom. The number of hydrogen-bond donors (Lipinski definition) is 1. The van der Waals surface area contributed by atoms with E-state index in [1.165, 1.54) is 0 Å². The highest BCUT2D eigenvalue weighted by molar-refractivity contribution is 5.91. The van der Waals surface area contributed by atoms with Crippen molar-refractivity contribution in [2.24, 2.45) is 5.73 Å². The lowest BCUT2D eigenvalue weighted by atomic mass is 9.96. The lowest BCUT2D eigenvalue weighted by Gasteiger charge is -2.26. The molecule has 0 bridgehead atoms. The quantitative estimate of drug-likeness (QED) is 0.879. The van der Waals surface area contributed by atoms with Gasteiger partial charge in [-0.15, -0.1) is 0 Å². The van der Waals surface area contributed by atoms with Crippen LogP contribution in [0.5, 0.6) is 11.6 Å². The molecular weight excluding hydrogens is 252 g/mol. The van der Waals surface area contributed by atoms with E-state index in [1.807, 2.05) is 24.3 Å². The molecule has 4 heteroatoms. The van der Waals surface area contributed by atoms with Gasteiger partial charge >= 0.3 is 0 Å². The molecule has 0 radical (unpaired) electrons. The highest BCUT2D eigenvalue weighted by Gasteiger charge is 2.22. The second-order valence-corrected chi connectivity index (χ2v) is 5.03. The number of benzene rings is 1. The minimum absolute atomic E-state index is 0.303. The van der Waals surface area contributed by atoms with Crippen molar-refractivity contribution in [1.29, 1.82) is 0 Å². The lowest BCUT2D eigenvalue weighted by molar-refractivity contribution is 0.203. The van der Waals surface area contributed by atoms with Crippen molar-refractivity contribution in [2.45, 2.75) is 32.2 Å². The molecule has 0 aliphatic carbocycles. The van der Waals surface area contributed by atoms with Crippen LogP contribution in [0.3, 0.4) is 0 Å². The number of ether oxygens (including phenoxy) is 2. The van der Waals surface area contributed by atoms with Gasteiger partial charge in [-0.1, -0.05) is 19.9 Å². The first-order valence-electron chi connectivity index (χ1n) is 6.97. The molecule has 0 saturated carbocycles. The van der Waals surface area contributed by atoms with E-state index in [4.69, 9.17) is 15.2 Å². The van der Waals surface area contributed by atoms with Crippen LogP contribution in [0.2, 0.25) is 0 Å². The summed E-state index contributed by atoms with van der Waals surface area (Å²) in [7, 11) is 1.66. The van der Waals surface area contributed by atoms with Crippen LogP contribution >= 0.6 is 0 Å². The molecule has 0 saturated heterocycles. The van der Waals surface area contributed by atoms with Crippen LogP contribution in [0.25, 0.3) is 10.8 Å². The summed E-state index contributed by atoms with van der Waals surface area (Å²) in [4.78, 5) is 4.32. The van der Waals surface area contributed by atoms with E-state index >= 15 is 0 Å². The molecule has 0 amide bonds. The summed E-state index contributed by atoms with van der Waals surface area (Å²) < 4.78 is 11.2. The Hall–Kier alpha value is -1.81. The highest BCUT2D eigenvalue weighted by atomic mass is 16.5. The van der Waals surface area contributed by atoms with Gasteiger partial charge in [0.1, 0.15) is 12.4 Å². The van der Waals surface area contributed by atoms with E-state index in [9.17, 15) is 0 Å². The molecule has 4 nitrogen and oxygen atoms in total. The van der Waals surface area contributed by atoms with Crippen LogP contribution < -0.4 is 15.2 Å². The predicted octanol–water partition coefficient (Wildman–Crippen LogP) is 3.14. The molecule has 2 rings (SSSR count). The Bertz CT molecular complexity index is 580. The normalized spacial score (nSPS) is 11.6. The summed E-state index contributed by atoms with van der Waals surface area (Å²) >= 11 is 0. The summed E-state index contributed by atoms with van der Waals surface area (Å²) in [5.41, 5.74) is 5.96. The average molecular weight is 274 g/mol. The molecule has 0 aliphatic heterocycles. The average Bonchev–Trinajstić information content (AvgIpc) is 2.51. The zero-order chi connectivity index (χ0) is 14.6. The summed E-state index contributed by atoms with van der Waals surface area (Å²) in [6.45, 7) is 4.61. The van der Waals surface area contributed by atoms with Crippen molar-refractivity contribution in [3.63, 3.8) is 0 Å². The molecule has 0 unspecified atom stereocenters.